The van der Waals surface area contributed by atoms with Gasteiger partial charge in [0, 0.05) is 19.2 Å². The minimum atomic E-state index is -0.459. The van der Waals surface area contributed by atoms with Crippen LogP contribution in [0.25, 0.3) is 0 Å². The van der Waals surface area contributed by atoms with Crippen LogP contribution in [0.4, 0.5) is 0 Å². The van der Waals surface area contributed by atoms with Crippen LogP contribution in [-0.4, -0.2) is 46.1 Å². The first-order valence-corrected chi connectivity index (χ1v) is 7.52. The molecule has 0 aliphatic heterocycles. The Labute approximate surface area is 143 Å². The highest BCUT2D eigenvalue weighted by atomic mass is 35.5. The number of aliphatic hydroxyl groups is 1. The summed E-state index contributed by atoms with van der Waals surface area (Å²) in [6.45, 7) is 0.241. The highest BCUT2D eigenvalue weighted by molar-refractivity contribution is 6.33. The first-order chi connectivity index (χ1) is 11.0. The third-order valence-electron chi connectivity index (χ3n) is 3.04. The van der Waals surface area contributed by atoms with Gasteiger partial charge in [-0.15, -0.1) is 0 Å². The SMILES string of the molecule is COc1ccc(CN(CCO)C(=O)c2nc(Cl)cc(Cl)n2)cc1. The van der Waals surface area contributed by atoms with Crippen LogP contribution in [-0.2, 0) is 6.54 Å². The minimum absolute atomic E-state index is 0.0849. The number of halogens is 2. The molecule has 2 aromatic rings. The summed E-state index contributed by atoms with van der Waals surface area (Å²) in [6.07, 6.45) is 0. The number of amides is 1. The van der Waals surface area contributed by atoms with Gasteiger partial charge in [-0.05, 0) is 17.7 Å². The van der Waals surface area contributed by atoms with Crippen LogP contribution in [0.3, 0.4) is 0 Å². The Balaban J connectivity index is 2.20. The standard InChI is InChI=1S/C15H15Cl2N3O3/c1-23-11-4-2-10(3-5-11)9-20(6-7-21)15(22)14-18-12(16)8-13(17)19-14/h2-5,8,21H,6-7,9H2,1H3. The number of nitrogens with zero attached hydrogens (tertiary/aromatic N) is 3. The van der Waals surface area contributed by atoms with Crippen molar-refractivity contribution in [3.05, 3.63) is 52.0 Å². The number of rotatable bonds is 6. The fourth-order valence-electron chi connectivity index (χ4n) is 1.95. The summed E-state index contributed by atoms with van der Waals surface area (Å²) in [4.78, 5) is 21.7. The molecule has 0 fully saturated rings. The van der Waals surface area contributed by atoms with Crippen molar-refractivity contribution >= 4 is 29.1 Å². The lowest BCUT2D eigenvalue weighted by Crippen LogP contribution is -2.34. The van der Waals surface area contributed by atoms with E-state index in [4.69, 9.17) is 27.9 Å². The van der Waals surface area contributed by atoms with Gasteiger partial charge < -0.3 is 14.7 Å². The van der Waals surface area contributed by atoms with Gasteiger partial charge in [-0.25, -0.2) is 9.97 Å². The molecule has 0 saturated heterocycles. The lowest BCUT2D eigenvalue weighted by molar-refractivity contribution is 0.0695. The largest absolute Gasteiger partial charge is 0.497 e. The molecule has 8 heteroatoms. The van der Waals surface area contributed by atoms with Crippen molar-refractivity contribution in [1.82, 2.24) is 14.9 Å². The number of carbonyl (C=O) groups excluding carboxylic acids is 1. The smallest absolute Gasteiger partial charge is 0.292 e. The van der Waals surface area contributed by atoms with Crippen LogP contribution in [0, 0.1) is 0 Å². The quantitative estimate of drug-likeness (QED) is 0.805. The number of hydrogen-bond donors (Lipinski definition) is 1. The van der Waals surface area contributed by atoms with Crippen molar-refractivity contribution in [3.63, 3.8) is 0 Å². The zero-order valence-electron chi connectivity index (χ0n) is 12.4. The van der Waals surface area contributed by atoms with Gasteiger partial charge in [0.2, 0.25) is 5.82 Å². The van der Waals surface area contributed by atoms with E-state index in [1.165, 1.54) is 11.0 Å². The molecule has 2 rings (SSSR count). The Morgan fingerprint density at radius 3 is 2.35 bits per heavy atom. The van der Waals surface area contributed by atoms with Gasteiger partial charge in [0.15, 0.2) is 0 Å². The van der Waals surface area contributed by atoms with E-state index < -0.39 is 5.91 Å². The molecule has 1 aromatic carbocycles. The third-order valence-corrected chi connectivity index (χ3v) is 3.43. The molecule has 1 N–H and O–H groups in total. The van der Waals surface area contributed by atoms with Crippen LogP contribution in [0.2, 0.25) is 10.3 Å². The number of aliphatic hydroxyl groups excluding tert-OH is 1. The fourth-order valence-corrected chi connectivity index (χ4v) is 2.37. The molecule has 6 nitrogen and oxygen atoms in total. The average Bonchev–Trinajstić information content (AvgIpc) is 2.53. The molecule has 0 aliphatic rings. The molecule has 1 heterocycles. The summed E-state index contributed by atoms with van der Waals surface area (Å²) in [7, 11) is 1.58. The second kappa shape index (κ2) is 8.10. The van der Waals surface area contributed by atoms with E-state index in [0.29, 0.717) is 0 Å². The van der Waals surface area contributed by atoms with Crippen molar-refractivity contribution in [2.45, 2.75) is 6.54 Å². The van der Waals surface area contributed by atoms with Crippen LogP contribution in [0.15, 0.2) is 30.3 Å². The first kappa shape index (κ1) is 17.5. The second-order valence-corrected chi connectivity index (χ2v) is 5.41. The van der Waals surface area contributed by atoms with Gasteiger partial charge in [0.05, 0.1) is 13.7 Å². The van der Waals surface area contributed by atoms with Crippen molar-refractivity contribution < 1.29 is 14.6 Å². The van der Waals surface area contributed by atoms with E-state index >= 15 is 0 Å². The number of methoxy groups -OCH3 is 1. The Kier molecular flexibility index (Phi) is 6.15. The van der Waals surface area contributed by atoms with Crippen molar-refractivity contribution in [2.24, 2.45) is 0 Å². The zero-order valence-corrected chi connectivity index (χ0v) is 13.9. The van der Waals surface area contributed by atoms with E-state index in [1.54, 1.807) is 19.2 Å². The highest BCUT2D eigenvalue weighted by Crippen LogP contribution is 2.16. The topological polar surface area (TPSA) is 75.6 Å². The van der Waals surface area contributed by atoms with Crippen LogP contribution < -0.4 is 4.74 Å². The number of aromatic nitrogens is 2. The molecule has 0 bridgehead atoms. The van der Waals surface area contributed by atoms with Gasteiger partial charge in [0.25, 0.3) is 5.91 Å². The highest BCUT2D eigenvalue weighted by Gasteiger charge is 2.19. The first-order valence-electron chi connectivity index (χ1n) is 6.76. The molecule has 1 amide bonds. The second-order valence-electron chi connectivity index (χ2n) is 4.64. The fraction of sp³-hybridized carbons (Fsp3) is 0.267. The van der Waals surface area contributed by atoms with Crippen molar-refractivity contribution in [1.29, 1.82) is 0 Å². The maximum atomic E-state index is 12.5. The van der Waals surface area contributed by atoms with Gasteiger partial charge in [-0.3, -0.25) is 4.79 Å². The molecule has 0 aliphatic carbocycles. The van der Waals surface area contributed by atoms with Gasteiger partial charge in [-0.1, -0.05) is 35.3 Å². The monoisotopic (exact) mass is 355 g/mol. The van der Waals surface area contributed by atoms with Crippen LogP contribution in [0.1, 0.15) is 16.2 Å². The Morgan fingerprint density at radius 2 is 1.83 bits per heavy atom. The van der Waals surface area contributed by atoms with E-state index in [0.717, 1.165) is 11.3 Å². The summed E-state index contributed by atoms with van der Waals surface area (Å²) in [5, 5.41) is 9.36. The lowest BCUT2D eigenvalue weighted by atomic mass is 10.2. The number of ether oxygens (including phenoxy) is 1. The lowest BCUT2D eigenvalue weighted by Gasteiger charge is -2.21. The number of hydrogen-bond acceptors (Lipinski definition) is 5. The van der Waals surface area contributed by atoms with Crippen LogP contribution >= 0.6 is 23.2 Å². The Morgan fingerprint density at radius 1 is 1.22 bits per heavy atom. The summed E-state index contributed by atoms with van der Waals surface area (Å²) < 4.78 is 5.09. The molecule has 23 heavy (non-hydrogen) atoms. The Hall–Kier alpha value is -1.89. The normalized spacial score (nSPS) is 10.4. The summed E-state index contributed by atoms with van der Waals surface area (Å²) in [5.41, 5.74) is 0.876. The van der Waals surface area contributed by atoms with Gasteiger partial charge in [-0.2, -0.15) is 0 Å². The molecule has 0 atom stereocenters. The predicted molar refractivity (Wildman–Crippen MR) is 86.9 cm³/mol. The summed E-state index contributed by atoms with van der Waals surface area (Å²) in [6, 6.07) is 8.61. The molecule has 122 valence electrons. The Bertz CT molecular complexity index is 660. The number of carbonyl (C=O) groups is 1. The van der Waals surface area contributed by atoms with E-state index in [1.807, 2.05) is 12.1 Å². The van der Waals surface area contributed by atoms with Crippen molar-refractivity contribution in [3.8, 4) is 5.75 Å². The predicted octanol–water partition coefficient (Wildman–Crippen LogP) is 2.43. The molecule has 0 saturated carbocycles. The maximum absolute atomic E-state index is 12.5. The summed E-state index contributed by atoms with van der Waals surface area (Å²) >= 11 is 11.6. The van der Waals surface area contributed by atoms with Crippen LogP contribution in [0.5, 0.6) is 5.75 Å². The van der Waals surface area contributed by atoms with E-state index in [2.05, 4.69) is 9.97 Å². The number of benzene rings is 1. The van der Waals surface area contributed by atoms with E-state index in [-0.39, 0.29) is 35.8 Å². The summed E-state index contributed by atoms with van der Waals surface area (Å²) in [5.74, 6) is 0.155. The van der Waals surface area contributed by atoms with E-state index in [9.17, 15) is 9.90 Å². The minimum Gasteiger partial charge on any atom is -0.497 e. The zero-order chi connectivity index (χ0) is 16.8. The average molecular weight is 356 g/mol. The molecular weight excluding hydrogens is 341 g/mol. The molecular formula is C15H15Cl2N3O3. The maximum Gasteiger partial charge on any atom is 0.292 e. The molecule has 1 aromatic heterocycles. The molecule has 0 radical (unpaired) electrons. The molecule has 0 spiro atoms. The van der Waals surface area contributed by atoms with Crippen molar-refractivity contribution in [2.75, 3.05) is 20.3 Å². The molecule has 0 unspecified atom stereocenters. The van der Waals surface area contributed by atoms with Gasteiger partial charge in [0.1, 0.15) is 16.1 Å². The third kappa shape index (κ3) is 4.79. The van der Waals surface area contributed by atoms with Gasteiger partial charge >= 0.3 is 0 Å².